The number of rotatable bonds is 10. The van der Waals surface area contributed by atoms with E-state index in [0.717, 1.165) is 11.1 Å². The molecule has 0 bridgehead atoms. The lowest BCUT2D eigenvalue weighted by molar-refractivity contribution is -0.140. The molecule has 2 aromatic carbocycles. The van der Waals surface area contributed by atoms with Crippen LogP contribution >= 0.6 is 23.2 Å². The molecule has 7 heteroatoms. The van der Waals surface area contributed by atoms with E-state index in [1.807, 2.05) is 32.0 Å². The first-order valence-corrected chi connectivity index (χ1v) is 9.75. The van der Waals surface area contributed by atoms with E-state index in [2.05, 4.69) is 5.32 Å². The Kier molecular flexibility index (Phi) is 8.42. The maximum atomic E-state index is 11.4. The number of nitrogens with one attached hydrogen (secondary N) is 1. The summed E-state index contributed by atoms with van der Waals surface area (Å²) in [5.41, 5.74) is 1.72. The summed E-state index contributed by atoms with van der Waals surface area (Å²) in [6.07, 6.45) is 0.543. The van der Waals surface area contributed by atoms with Crippen molar-refractivity contribution in [1.29, 1.82) is 0 Å². The summed E-state index contributed by atoms with van der Waals surface area (Å²) < 4.78 is 11.3. The number of hydrogen-bond acceptors (Lipinski definition) is 4. The second-order valence-corrected chi connectivity index (χ2v) is 7.77. The van der Waals surface area contributed by atoms with Crippen molar-refractivity contribution in [3.8, 4) is 11.5 Å². The molecule has 2 rings (SSSR count). The van der Waals surface area contributed by atoms with Crippen LogP contribution in [0, 0.1) is 5.92 Å². The molecule has 28 heavy (non-hydrogen) atoms. The number of carboxylic acid groups (broad SMARTS) is 1. The summed E-state index contributed by atoms with van der Waals surface area (Å²) in [6, 6.07) is 10.3. The SMILES string of the molecule is COc1cc(CNC(CC(C)C)C(=O)O)cc(Cl)c1OCc1cccc(Cl)c1. The van der Waals surface area contributed by atoms with Gasteiger partial charge in [-0.2, -0.15) is 0 Å². The maximum Gasteiger partial charge on any atom is 0.320 e. The summed E-state index contributed by atoms with van der Waals surface area (Å²) in [5, 5.41) is 13.4. The molecular weight excluding hydrogens is 401 g/mol. The van der Waals surface area contributed by atoms with Crippen molar-refractivity contribution in [2.45, 2.75) is 39.5 Å². The van der Waals surface area contributed by atoms with Crippen LogP contribution in [0.25, 0.3) is 0 Å². The number of methoxy groups -OCH3 is 1. The normalized spacial score (nSPS) is 12.1. The van der Waals surface area contributed by atoms with E-state index in [0.29, 0.717) is 41.1 Å². The fourth-order valence-corrected chi connectivity index (χ4v) is 3.28. The van der Waals surface area contributed by atoms with Crippen LogP contribution in [0.3, 0.4) is 0 Å². The number of carbonyl (C=O) groups is 1. The predicted octanol–water partition coefficient (Wildman–Crippen LogP) is 5.17. The highest BCUT2D eigenvalue weighted by Crippen LogP contribution is 2.37. The molecule has 0 amide bonds. The van der Waals surface area contributed by atoms with Crippen LogP contribution in [0.2, 0.25) is 10.0 Å². The average molecular weight is 426 g/mol. The van der Waals surface area contributed by atoms with Crippen molar-refractivity contribution < 1.29 is 19.4 Å². The largest absolute Gasteiger partial charge is 0.493 e. The molecule has 0 aliphatic rings. The van der Waals surface area contributed by atoms with Crippen molar-refractivity contribution in [2.24, 2.45) is 5.92 Å². The highest BCUT2D eigenvalue weighted by molar-refractivity contribution is 6.32. The van der Waals surface area contributed by atoms with Gasteiger partial charge in [-0.25, -0.2) is 0 Å². The number of aliphatic carboxylic acids is 1. The van der Waals surface area contributed by atoms with Crippen molar-refractivity contribution in [1.82, 2.24) is 5.32 Å². The molecule has 0 aliphatic heterocycles. The predicted molar refractivity (Wildman–Crippen MR) is 112 cm³/mol. The van der Waals surface area contributed by atoms with Crippen LogP contribution in [0.1, 0.15) is 31.4 Å². The number of ether oxygens (including phenoxy) is 2. The Bertz CT molecular complexity index is 811. The van der Waals surface area contributed by atoms with Gasteiger partial charge in [0.25, 0.3) is 0 Å². The molecule has 152 valence electrons. The minimum atomic E-state index is -0.867. The lowest BCUT2D eigenvalue weighted by Crippen LogP contribution is -2.37. The third-order valence-corrected chi connectivity index (χ3v) is 4.64. The van der Waals surface area contributed by atoms with Crippen molar-refractivity contribution in [3.63, 3.8) is 0 Å². The Morgan fingerprint density at radius 2 is 1.93 bits per heavy atom. The van der Waals surface area contributed by atoms with E-state index < -0.39 is 12.0 Å². The van der Waals surface area contributed by atoms with E-state index in [9.17, 15) is 9.90 Å². The smallest absolute Gasteiger partial charge is 0.320 e. The van der Waals surface area contributed by atoms with Crippen LogP contribution in [0.15, 0.2) is 36.4 Å². The number of hydrogen-bond donors (Lipinski definition) is 2. The van der Waals surface area contributed by atoms with Gasteiger partial charge in [-0.3, -0.25) is 4.79 Å². The van der Waals surface area contributed by atoms with Gasteiger partial charge in [0.2, 0.25) is 0 Å². The van der Waals surface area contributed by atoms with E-state index in [1.54, 1.807) is 18.2 Å². The highest BCUT2D eigenvalue weighted by Gasteiger charge is 2.19. The van der Waals surface area contributed by atoms with Crippen molar-refractivity contribution >= 4 is 29.2 Å². The molecule has 0 saturated heterocycles. The lowest BCUT2D eigenvalue weighted by Gasteiger charge is -2.18. The standard InChI is InChI=1S/C21H25Cl2NO4/c1-13(2)7-18(21(25)26)24-11-15-9-17(23)20(19(10-15)27-3)28-12-14-5-4-6-16(22)8-14/h4-6,8-10,13,18,24H,7,11-12H2,1-3H3,(H,25,26). The topological polar surface area (TPSA) is 67.8 Å². The lowest BCUT2D eigenvalue weighted by atomic mass is 10.0. The van der Waals surface area contributed by atoms with Gasteiger partial charge in [0.15, 0.2) is 11.5 Å². The van der Waals surface area contributed by atoms with E-state index in [4.69, 9.17) is 32.7 Å². The highest BCUT2D eigenvalue weighted by atomic mass is 35.5. The summed E-state index contributed by atoms with van der Waals surface area (Å²) in [5.74, 6) is 0.328. The van der Waals surface area contributed by atoms with E-state index >= 15 is 0 Å². The van der Waals surface area contributed by atoms with Crippen LogP contribution in [0.4, 0.5) is 0 Å². The molecule has 2 aromatic rings. The van der Waals surface area contributed by atoms with Gasteiger partial charge in [0.1, 0.15) is 12.6 Å². The molecular formula is C21H25Cl2NO4. The Labute approximate surface area is 175 Å². The summed E-state index contributed by atoms with van der Waals surface area (Å²) in [4.78, 5) is 11.4. The molecule has 2 N–H and O–H groups in total. The van der Waals surface area contributed by atoms with Gasteiger partial charge >= 0.3 is 5.97 Å². The third-order valence-electron chi connectivity index (χ3n) is 4.12. The second kappa shape index (κ2) is 10.6. The van der Waals surface area contributed by atoms with Crippen LogP contribution in [0.5, 0.6) is 11.5 Å². The molecule has 0 saturated carbocycles. The Morgan fingerprint density at radius 1 is 1.18 bits per heavy atom. The maximum absolute atomic E-state index is 11.4. The average Bonchev–Trinajstić information content (AvgIpc) is 2.63. The molecule has 0 radical (unpaired) electrons. The molecule has 0 aromatic heterocycles. The van der Waals surface area contributed by atoms with Gasteiger partial charge < -0.3 is 19.9 Å². The Morgan fingerprint density at radius 3 is 2.54 bits per heavy atom. The monoisotopic (exact) mass is 425 g/mol. The van der Waals surface area contributed by atoms with Crippen LogP contribution in [-0.2, 0) is 17.9 Å². The first-order valence-electron chi connectivity index (χ1n) is 9.00. The fourth-order valence-electron chi connectivity index (χ4n) is 2.78. The quantitative estimate of drug-likeness (QED) is 0.549. The molecule has 0 aliphatic carbocycles. The zero-order valence-corrected chi connectivity index (χ0v) is 17.7. The minimum Gasteiger partial charge on any atom is -0.493 e. The zero-order valence-electron chi connectivity index (χ0n) is 16.2. The van der Waals surface area contributed by atoms with E-state index in [1.165, 1.54) is 7.11 Å². The number of benzene rings is 2. The summed E-state index contributed by atoms with van der Waals surface area (Å²) in [6.45, 7) is 4.63. The van der Waals surface area contributed by atoms with Gasteiger partial charge in [-0.1, -0.05) is 49.2 Å². The molecule has 5 nitrogen and oxygen atoms in total. The van der Waals surface area contributed by atoms with Gasteiger partial charge in [0, 0.05) is 11.6 Å². The van der Waals surface area contributed by atoms with Crippen molar-refractivity contribution in [2.75, 3.05) is 7.11 Å². The first kappa shape index (κ1) is 22.3. The molecule has 0 heterocycles. The second-order valence-electron chi connectivity index (χ2n) is 6.93. The van der Waals surface area contributed by atoms with Crippen molar-refractivity contribution in [3.05, 3.63) is 57.6 Å². The van der Waals surface area contributed by atoms with Crippen LogP contribution in [-0.4, -0.2) is 24.2 Å². The Balaban J connectivity index is 2.10. The summed E-state index contributed by atoms with van der Waals surface area (Å²) >= 11 is 12.4. The van der Waals surface area contributed by atoms with E-state index in [-0.39, 0.29) is 5.92 Å². The molecule has 0 spiro atoms. The van der Waals surface area contributed by atoms with Crippen LogP contribution < -0.4 is 14.8 Å². The zero-order chi connectivity index (χ0) is 20.7. The van der Waals surface area contributed by atoms with Gasteiger partial charge in [-0.05, 0) is 47.7 Å². The third kappa shape index (κ3) is 6.59. The minimum absolute atomic E-state index is 0.272. The molecule has 0 fully saturated rings. The number of halogens is 2. The number of carboxylic acids is 1. The summed E-state index contributed by atoms with van der Waals surface area (Å²) in [7, 11) is 1.54. The Hall–Kier alpha value is -1.95. The first-order chi connectivity index (χ1) is 13.3. The van der Waals surface area contributed by atoms with Gasteiger partial charge in [0.05, 0.1) is 12.1 Å². The molecule has 1 unspecified atom stereocenters. The fraction of sp³-hybridized carbons (Fsp3) is 0.381. The van der Waals surface area contributed by atoms with Gasteiger partial charge in [-0.15, -0.1) is 0 Å². The molecule has 1 atom stereocenters.